The number of benzene rings is 1. The summed E-state index contributed by atoms with van der Waals surface area (Å²) >= 11 is 0. The van der Waals surface area contributed by atoms with Crippen LogP contribution in [0.4, 0.5) is 4.39 Å². The summed E-state index contributed by atoms with van der Waals surface area (Å²) in [4.78, 5) is 0. The number of nitrogens with one attached hydrogen (secondary N) is 1. The van der Waals surface area contributed by atoms with Crippen LogP contribution < -0.4 is 5.32 Å². The topological polar surface area (TPSA) is 12.0 Å². The van der Waals surface area contributed by atoms with Gasteiger partial charge < -0.3 is 5.32 Å². The third kappa shape index (κ3) is 3.06. The molecule has 1 N–H and O–H groups in total. The lowest BCUT2D eigenvalue weighted by atomic mass is 9.97. The summed E-state index contributed by atoms with van der Waals surface area (Å²) in [6, 6.07) is 5.62. The van der Waals surface area contributed by atoms with Crippen molar-refractivity contribution in [2.75, 3.05) is 6.54 Å². The highest BCUT2D eigenvalue weighted by Gasteiger charge is 2.38. The number of halogens is 1. The number of rotatable bonds is 5. The van der Waals surface area contributed by atoms with Crippen LogP contribution in [-0.4, -0.2) is 12.6 Å². The fourth-order valence-corrected chi connectivity index (χ4v) is 2.65. The Labute approximate surface area is 103 Å². The van der Waals surface area contributed by atoms with Gasteiger partial charge in [0.15, 0.2) is 0 Å². The molecule has 1 aliphatic carbocycles. The molecule has 2 heteroatoms. The minimum absolute atomic E-state index is 0.121. The van der Waals surface area contributed by atoms with Gasteiger partial charge in [-0.1, -0.05) is 19.9 Å². The average molecular weight is 235 g/mol. The predicted octanol–water partition coefficient (Wildman–Crippen LogP) is 3.31. The van der Waals surface area contributed by atoms with Crippen molar-refractivity contribution in [3.63, 3.8) is 0 Å². The fraction of sp³-hybridized carbons (Fsp3) is 0.600. The summed E-state index contributed by atoms with van der Waals surface area (Å²) < 4.78 is 13.3. The molecule has 0 saturated heterocycles. The lowest BCUT2D eigenvalue weighted by Crippen LogP contribution is -2.33. The van der Waals surface area contributed by atoms with Crippen LogP contribution in [0.15, 0.2) is 18.2 Å². The van der Waals surface area contributed by atoms with E-state index in [1.54, 1.807) is 12.1 Å². The van der Waals surface area contributed by atoms with Gasteiger partial charge in [0, 0.05) is 6.04 Å². The van der Waals surface area contributed by atoms with E-state index in [1.807, 2.05) is 6.07 Å². The van der Waals surface area contributed by atoms with Crippen LogP contribution in [0.5, 0.6) is 0 Å². The molecular formula is C15H22FN. The molecule has 2 rings (SSSR count). The van der Waals surface area contributed by atoms with Crippen molar-refractivity contribution >= 4 is 0 Å². The summed E-state index contributed by atoms with van der Waals surface area (Å²) in [5.74, 6) is 1.48. The van der Waals surface area contributed by atoms with E-state index in [1.165, 1.54) is 12.0 Å². The van der Waals surface area contributed by atoms with E-state index in [0.717, 1.165) is 30.4 Å². The van der Waals surface area contributed by atoms with Gasteiger partial charge >= 0.3 is 0 Å². The van der Waals surface area contributed by atoms with E-state index < -0.39 is 0 Å². The third-order valence-corrected chi connectivity index (χ3v) is 3.91. The minimum Gasteiger partial charge on any atom is -0.314 e. The first kappa shape index (κ1) is 12.6. The van der Waals surface area contributed by atoms with Gasteiger partial charge in [-0.05, 0) is 61.4 Å². The normalized spacial score (nSPS) is 24.7. The molecule has 1 aliphatic rings. The Morgan fingerprint density at radius 1 is 1.47 bits per heavy atom. The van der Waals surface area contributed by atoms with Gasteiger partial charge in [0.05, 0.1) is 0 Å². The molecule has 1 aromatic carbocycles. The monoisotopic (exact) mass is 235 g/mol. The van der Waals surface area contributed by atoms with Crippen molar-refractivity contribution in [1.29, 1.82) is 0 Å². The highest BCUT2D eigenvalue weighted by molar-refractivity contribution is 5.27. The molecule has 0 aliphatic heterocycles. The Morgan fingerprint density at radius 2 is 2.18 bits per heavy atom. The number of likely N-dealkylation sites (N-methyl/N-ethyl adjacent to an activating group) is 1. The lowest BCUT2D eigenvalue weighted by Gasteiger charge is -2.19. The quantitative estimate of drug-likeness (QED) is 0.825. The maximum absolute atomic E-state index is 13.3. The molecule has 0 heterocycles. The molecule has 0 radical (unpaired) electrons. The number of aryl methyl sites for hydroxylation is 1. The largest absolute Gasteiger partial charge is 0.314 e. The first-order valence-corrected chi connectivity index (χ1v) is 6.60. The van der Waals surface area contributed by atoms with Crippen molar-refractivity contribution in [3.05, 3.63) is 35.1 Å². The van der Waals surface area contributed by atoms with E-state index in [4.69, 9.17) is 0 Å². The highest BCUT2D eigenvalue weighted by Crippen LogP contribution is 2.41. The molecule has 3 unspecified atom stereocenters. The minimum atomic E-state index is -0.121. The lowest BCUT2D eigenvalue weighted by molar-refractivity contribution is 0.453. The molecule has 1 saturated carbocycles. The van der Waals surface area contributed by atoms with Crippen molar-refractivity contribution in [2.45, 2.75) is 39.7 Å². The van der Waals surface area contributed by atoms with Crippen LogP contribution in [0.3, 0.4) is 0 Å². The third-order valence-electron chi connectivity index (χ3n) is 3.91. The second-order valence-corrected chi connectivity index (χ2v) is 5.32. The molecule has 0 bridgehead atoms. The van der Waals surface area contributed by atoms with E-state index in [2.05, 4.69) is 26.1 Å². The van der Waals surface area contributed by atoms with E-state index in [0.29, 0.717) is 6.04 Å². The van der Waals surface area contributed by atoms with Gasteiger partial charge in [-0.3, -0.25) is 0 Å². The molecule has 94 valence electrons. The summed E-state index contributed by atoms with van der Waals surface area (Å²) in [5, 5.41) is 3.55. The highest BCUT2D eigenvalue weighted by atomic mass is 19.1. The van der Waals surface area contributed by atoms with Crippen molar-refractivity contribution < 1.29 is 4.39 Å². The molecular weight excluding hydrogens is 213 g/mol. The molecule has 17 heavy (non-hydrogen) atoms. The van der Waals surface area contributed by atoms with Crippen LogP contribution in [0.1, 0.15) is 31.4 Å². The zero-order valence-electron chi connectivity index (χ0n) is 11.0. The first-order valence-electron chi connectivity index (χ1n) is 6.60. The SMILES string of the molecule is CCNC(Cc1cc(F)ccc1C)C1CC1C. The summed E-state index contributed by atoms with van der Waals surface area (Å²) in [6.45, 7) is 7.49. The summed E-state index contributed by atoms with van der Waals surface area (Å²) in [6.07, 6.45) is 2.26. The second-order valence-electron chi connectivity index (χ2n) is 5.32. The Kier molecular flexibility index (Phi) is 3.82. The summed E-state index contributed by atoms with van der Waals surface area (Å²) in [7, 11) is 0. The van der Waals surface area contributed by atoms with Gasteiger partial charge in [-0.25, -0.2) is 4.39 Å². The van der Waals surface area contributed by atoms with Crippen LogP contribution in [0, 0.1) is 24.6 Å². The molecule has 1 fully saturated rings. The second kappa shape index (κ2) is 5.18. The zero-order valence-corrected chi connectivity index (χ0v) is 11.0. The van der Waals surface area contributed by atoms with Gasteiger partial charge in [0.1, 0.15) is 5.82 Å². The maximum Gasteiger partial charge on any atom is 0.123 e. The molecule has 3 atom stereocenters. The van der Waals surface area contributed by atoms with Crippen LogP contribution in [0.2, 0.25) is 0 Å². The average Bonchev–Trinajstić information content (AvgIpc) is 3.00. The van der Waals surface area contributed by atoms with E-state index in [9.17, 15) is 4.39 Å². The molecule has 0 amide bonds. The first-order chi connectivity index (χ1) is 8.11. The van der Waals surface area contributed by atoms with Gasteiger partial charge in [0.2, 0.25) is 0 Å². The molecule has 1 nitrogen and oxygen atoms in total. The van der Waals surface area contributed by atoms with Crippen LogP contribution >= 0.6 is 0 Å². The van der Waals surface area contributed by atoms with Gasteiger partial charge in [0.25, 0.3) is 0 Å². The fourth-order valence-electron chi connectivity index (χ4n) is 2.65. The standard InChI is InChI=1S/C15H22FN/c1-4-17-15(14-7-11(14)3)9-12-8-13(16)6-5-10(12)2/h5-6,8,11,14-15,17H,4,7,9H2,1-3H3. The van der Waals surface area contributed by atoms with Gasteiger partial charge in [-0.2, -0.15) is 0 Å². The van der Waals surface area contributed by atoms with Crippen molar-refractivity contribution in [2.24, 2.45) is 11.8 Å². The maximum atomic E-state index is 13.3. The smallest absolute Gasteiger partial charge is 0.123 e. The Hall–Kier alpha value is -0.890. The van der Waals surface area contributed by atoms with E-state index >= 15 is 0 Å². The number of hydrogen-bond donors (Lipinski definition) is 1. The van der Waals surface area contributed by atoms with Crippen LogP contribution in [-0.2, 0) is 6.42 Å². The number of hydrogen-bond acceptors (Lipinski definition) is 1. The molecule has 0 spiro atoms. The summed E-state index contributed by atoms with van der Waals surface area (Å²) in [5.41, 5.74) is 2.35. The van der Waals surface area contributed by atoms with Crippen molar-refractivity contribution in [3.8, 4) is 0 Å². The zero-order chi connectivity index (χ0) is 12.4. The molecule has 1 aromatic rings. The van der Waals surface area contributed by atoms with Gasteiger partial charge in [-0.15, -0.1) is 0 Å². The predicted molar refractivity (Wildman–Crippen MR) is 69.6 cm³/mol. The van der Waals surface area contributed by atoms with E-state index in [-0.39, 0.29) is 5.82 Å². The van der Waals surface area contributed by atoms with Crippen molar-refractivity contribution in [1.82, 2.24) is 5.32 Å². The molecule has 0 aromatic heterocycles. The Balaban J connectivity index is 2.08. The Bertz CT molecular complexity index is 389. The van der Waals surface area contributed by atoms with Crippen LogP contribution in [0.25, 0.3) is 0 Å². The Morgan fingerprint density at radius 3 is 2.76 bits per heavy atom.